The van der Waals surface area contributed by atoms with Gasteiger partial charge in [0, 0.05) is 35.5 Å². The lowest BCUT2D eigenvalue weighted by molar-refractivity contribution is -0.384. The number of rotatable bonds is 2. The quantitative estimate of drug-likeness (QED) is 0.507. The van der Waals surface area contributed by atoms with E-state index in [9.17, 15) is 10.1 Å². The monoisotopic (exact) mass is 237 g/mol. The second-order valence-electron chi connectivity index (χ2n) is 3.93. The zero-order chi connectivity index (χ0) is 12.5. The summed E-state index contributed by atoms with van der Waals surface area (Å²) in [5.41, 5.74) is 2.02. The summed E-state index contributed by atoms with van der Waals surface area (Å²) >= 11 is 0. The number of nitro benzene ring substituents is 1. The van der Waals surface area contributed by atoms with Gasteiger partial charge in [-0.15, -0.1) is 0 Å². The van der Waals surface area contributed by atoms with E-state index in [2.05, 4.69) is 6.07 Å². The van der Waals surface area contributed by atoms with Crippen LogP contribution < -0.4 is 0 Å². The normalized spacial score (nSPS) is 10.7. The van der Waals surface area contributed by atoms with Crippen LogP contribution in [0.4, 0.5) is 5.69 Å². The Morgan fingerprint density at radius 2 is 1.78 bits per heavy atom. The third-order valence-electron chi connectivity index (χ3n) is 2.85. The summed E-state index contributed by atoms with van der Waals surface area (Å²) in [5, 5.41) is 11.6. The molecule has 0 saturated carbocycles. The molecule has 0 unspecified atom stereocenters. The van der Waals surface area contributed by atoms with Gasteiger partial charge in [0.1, 0.15) is 0 Å². The first-order valence-electron chi connectivity index (χ1n) is 5.48. The highest BCUT2D eigenvalue weighted by Crippen LogP contribution is 2.21. The third kappa shape index (κ3) is 1.64. The predicted molar refractivity (Wildman–Crippen MR) is 68.8 cm³/mol. The van der Waals surface area contributed by atoms with Crippen LogP contribution in [0.2, 0.25) is 0 Å². The van der Waals surface area contributed by atoms with Gasteiger partial charge in [0.05, 0.1) is 10.4 Å². The van der Waals surface area contributed by atoms with E-state index in [1.807, 2.05) is 35.0 Å². The van der Waals surface area contributed by atoms with Gasteiger partial charge in [-0.05, 0) is 18.2 Å². The van der Waals surface area contributed by atoms with Gasteiger partial charge in [-0.1, -0.05) is 18.2 Å². The molecule has 4 nitrogen and oxygen atoms in total. The lowest BCUT2D eigenvalue weighted by Crippen LogP contribution is -1.93. The number of non-ortho nitro benzene ring substituents is 1. The summed E-state index contributed by atoms with van der Waals surface area (Å²) in [7, 11) is 0. The Labute approximate surface area is 103 Å². The van der Waals surface area contributed by atoms with E-state index in [1.165, 1.54) is 12.1 Å². The van der Waals surface area contributed by atoms with Gasteiger partial charge in [-0.25, -0.2) is 0 Å². The molecule has 87 valence electrons. The number of hydrogen-bond acceptors (Lipinski definition) is 2. The van der Waals surface area contributed by atoms with Crippen molar-refractivity contribution in [1.82, 2.24) is 4.57 Å². The number of benzene rings is 2. The van der Waals surface area contributed by atoms with Crippen molar-refractivity contribution in [3.05, 3.63) is 70.9 Å². The van der Waals surface area contributed by atoms with E-state index >= 15 is 0 Å². The summed E-state index contributed by atoms with van der Waals surface area (Å²) in [5.74, 6) is 0. The van der Waals surface area contributed by atoms with Crippen LogP contribution in [0.5, 0.6) is 0 Å². The third-order valence-corrected chi connectivity index (χ3v) is 2.85. The molecule has 1 aromatic heterocycles. The largest absolute Gasteiger partial charge is 0.316 e. The van der Waals surface area contributed by atoms with Gasteiger partial charge in [-0.2, -0.15) is 0 Å². The lowest BCUT2D eigenvalue weighted by atomic mass is 10.2. The van der Waals surface area contributed by atoms with Crippen LogP contribution in [-0.4, -0.2) is 9.49 Å². The maximum Gasteiger partial charge on any atom is 0.269 e. The van der Waals surface area contributed by atoms with Crippen molar-refractivity contribution in [1.29, 1.82) is 0 Å². The molecule has 0 aliphatic heterocycles. The molecular formula is C14H9N2O2. The van der Waals surface area contributed by atoms with Crippen LogP contribution in [0.15, 0.2) is 54.7 Å². The van der Waals surface area contributed by atoms with Crippen LogP contribution in [0.3, 0.4) is 0 Å². The number of nitrogens with zero attached hydrogens (tertiary/aromatic N) is 2. The second kappa shape index (κ2) is 4.00. The van der Waals surface area contributed by atoms with Crippen molar-refractivity contribution in [2.75, 3.05) is 0 Å². The van der Waals surface area contributed by atoms with Crippen LogP contribution >= 0.6 is 0 Å². The van der Waals surface area contributed by atoms with Crippen molar-refractivity contribution >= 4 is 16.6 Å². The standard InChI is InChI=1S/C14H9N2O2/c17-16(18)13-7-5-12(6-8-13)15-10-9-11-3-1-2-4-14(11)15/h1-8,10H. The molecule has 1 heterocycles. The number of aromatic nitrogens is 1. The summed E-state index contributed by atoms with van der Waals surface area (Å²) in [4.78, 5) is 10.2. The highest BCUT2D eigenvalue weighted by Gasteiger charge is 2.06. The first-order chi connectivity index (χ1) is 8.75. The van der Waals surface area contributed by atoms with Gasteiger partial charge in [0.25, 0.3) is 5.69 Å². The molecule has 3 rings (SSSR count). The number of nitro groups is 1. The van der Waals surface area contributed by atoms with E-state index in [0.717, 1.165) is 16.6 Å². The molecule has 3 aromatic rings. The maximum absolute atomic E-state index is 10.6. The Hall–Kier alpha value is -2.62. The first kappa shape index (κ1) is 10.5. The molecule has 18 heavy (non-hydrogen) atoms. The molecule has 0 aliphatic carbocycles. The van der Waals surface area contributed by atoms with E-state index in [-0.39, 0.29) is 5.69 Å². The highest BCUT2D eigenvalue weighted by molar-refractivity contribution is 5.81. The average molecular weight is 237 g/mol. The highest BCUT2D eigenvalue weighted by atomic mass is 16.6. The van der Waals surface area contributed by atoms with Crippen molar-refractivity contribution < 1.29 is 4.92 Å². The maximum atomic E-state index is 10.6. The van der Waals surface area contributed by atoms with E-state index < -0.39 is 4.92 Å². The van der Waals surface area contributed by atoms with E-state index in [1.54, 1.807) is 12.1 Å². The molecule has 0 bridgehead atoms. The molecule has 0 saturated heterocycles. The molecule has 2 aromatic carbocycles. The minimum absolute atomic E-state index is 0.0965. The zero-order valence-electron chi connectivity index (χ0n) is 9.41. The Balaban J connectivity index is 2.12. The summed E-state index contributed by atoms with van der Waals surface area (Å²) in [6.07, 6.45) is 1.84. The van der Waals surface area contributed by atoms with Crippen LogP contribution in [-0.2, 0) is 0 Å². The first-order valence-corrected chi connectivity index (χ1v) is 5.48. The minimum atomic E-state index is -0.399. The second-order valence-corrected chi connectivity index (χ2v) is 3.93. The van der Waals surface area contributed by atoms with E-state index in [0.29, 0.717) is 0 Å². The Morgan fingerprint density at radius 1 is 1.06 bits per heavy atom. The summed E-state index contributed by atoms with van der Waals surface area (Å²) < 4.78 is 1.96. The summed E-state index contributed by atoms with van der Waals surface area (Å²) in [6, 6.07) is 17.5. The van der Waals surface area contributed by atoms with Crippen molar-refractivity contribution in [3.63, 3.8) is 0 Å². The summed E-state index contributed by atoms with van der Waals surface area (Å²) in [6.45, 7) is 0. The fourth-order valence-corrected chi connectivity index (χ4v) is 1.96. The van der Waals surface area contributed by atoms with Crippen molar-refractivity contribution in [2.45, 2.75) is 0 Å². The van der Waals surface area contributed by atoms with Crippen molar-refractivity contribution in [2.24, 2.45) is 0 Å². The molecule has 0 amide bonds. The SMILES string of the molecule is O=[N+]([O-])c1ccc(-n2c[c]c3ccccc32)cc1. The van der Waals surface area contributed by atoms with Gasteiger partial charge < -0.3 is 4.57 Å². The Kier molecular flexibility index (Phi) is 2.34. The topological polar surface area (TPSA) is 48.1 Å². The van der Waals surface area contributed by atoms with Crippen LogP contribution in [0.25, 0.3) is 16.6 Å². The predicted octanol–water partition coefficient (Wildman–Crippen LogP) is 3.34. The van der Waals surface area contributed by atoms with Gasteiger partial charge in [-0.3, -0.25) is 10.1 Å². The molecule has 0 atom stereocenters. The smallest absolute Gasteiger partial charge is 0.269 e. The Morgan fingerprint density at radius 3 is 2.50 bits per heavy atom. The number of para-hydroxylation sites is 1. The molecule has 0 spiro atoms. The van der Waals surface area contributed by atoms with Crippen LogP contribution in [0, 0.1) is 16.2 Å². The molecule has 0 N–H and O–H groups in total. The number of hydrogen-bond donors (Lipinski definition) is 0. The minimum Gasteiger partial charge on any atom is -0.316 e. The molecule has 0 aliphatic rings. The van der Waals surface area contributed by atoms with E-state index in [4.69, 9.17) is 0 Å². The molecule has 1 radical (unpaired) electrons. The van der Waals surface area contributed by atoms with Crippen LogP contribution in [0.1, 0.15) is 0 Å². The van der Waals surface area contributed by atoms with Gasteiger partial charge in [0.2, 0.25) is 0 Å². The molecular weight excluding hydrogens is 228 g/mol. The van der Waals surface area contributed by atoms with Gasteiger partial charge >= 0.3 is 0 Å². The van der Waals surface area contributed by atoms with Crippen molar-refractivity contribution in [3.8, 4) is 5.69 Å². The Bertz CT molecular complexity index is 714. The fraction of sp³-hybridized carbons (Fsp3) is 0. The fourth-order valence-electron chi connectivity index (χ4n) is 1.96. The molecule has 0 fully saturated rings. The molecule has 4 heteroatoms. The van der Waals surface area contributed by atoms with Gasteiger partial charge in [0.15, 0.2) is 0 Å². The number of fused-ring (bicyclic) bond motifs is 1. The average Bonchev–Trinajstić information content (AvgIpc) is 2.82. The lowest BCUT2D eigenvalue weighted by Gasteiger charge is -2.04. The zero-order valence-corrected chi connectivity index (χ0v) is 9.41.